The van der Waals surface area contributed by atoms with E-state index in [0.717, 1.165) is 6.07 Å². The number of nitrogens with zero attached hydrogens (tertiary/aromatic N) is 1. The highest BCUT2D eigenvalue weighted by Crippen LogP contribution is 2.35. The second kappa shape index (κ2) is 8.87. The van der Waals surface area contributed by atoms with E-state index < -0.39 is 42.0 Å². The highest BCUT2D eigenvalue weighted by molar-refractivity contribution is 6.35. The van der Waals surface area contributed by atoms with Crippen molar-refractivity contribution in [1.29, 1.82) is 0 Å². The molecule has 32 heavy (non-hydrogen) atoms. The number of hydrogen-bond donors (Lipinski definition) is 2. The summed E-state index contributed by atoms with van der Waals surface area (Å²) in [6, 6.07) is 8.86. The maximum Gasteiger partial charge on any atom is 0.573 e. The fourth-order valence-corrected chi connectivity index (χ4v) is 3.78. The van der Waals surface area contributed by atoms with Crippen LogP contribution in [0.3, 0.4) is 0 Å². The summed E-state index contributed by atoms with van der Waals surface area (Å²) in [5.74, 6) is -1.95. The number of nitrogens with one attached hydrogen (secondary N) is 2. The number of imide groups is 1. The summed E-state index contributed by atoms with van der Waals surface area (Å²) in [5.41, 5.74) is -1.16. The molecule has 7 nitrogen and oxygen atoms in total. The molecular weight excluding hydrogens is 474 g/mol. The monoisotopic (exact) mass is 489 g/mol. The molecule has 12 heteroatoms. The number of urea groups is 1. The number of rotatable bonds is 6. The number of hydrogen-bond acceptors (Lipinski definition) is 4. The van der Waals surface area contributed by atoms with Crippen molar-refractivity contribution in [1.82, 2.24) is 15.5 Å². The highest BCUT2D eigenvalue weighted by atomic mass is 35.5. The molecule has 0 spiro atoms. The Labute approximate surface area is 190 Å². The summed E-state index contributed by atoms with van der Waals surface area (Å²) >= 11 is 12.0. The zero-order valence-electron chi connectivity index (χ0n) is 16.4. The minimum atomic E-state index is -4.90. The average Bonchev–Trinajstić information content (AvgIpc) is 2.89. The van der Waals surface area contributed by atoms with Gasteiger partial charge in [-0.2, -0.15) is 0 Å². The van der Waals surface area contributed by atoms with Crippen LogP contribution in [-0.2, 0) is 21.7 Å². The molecule has 2 aromatic rings. The van der Waals surface area contributed by atoms with Crippen LogP contribution in [0.4, 0.5) is 18.0 Å². The quantitative estimate of drug-likeness (QED) is 0.600. The van der Waals surface area contributed by atoms with Crippen LogP contribution >= 0.6 is 23.2 Å². The molecule has 2 N–H and O–H groups in total. The molecule has 1 unspecified atom stereocenters. The van der Waals surface area contributed by atoms with Crippen LogP contribution in [0.15, 0.2) is 42.5 Å². The van der Waals surface area contributed by atoms with Crippen LogP contribution < -0.4 is 15.4 Å². The molecule has 1 aliphatic rings. The topological polar surface area (TPSA) is 87.7 Å². The van der Waals surface area contributed by atoms with Crippen molar-refractivity contribution in [2.24, 2.45) is 0 Å². The zero-order valence-corrected chi connectivity index (χ0v) is 17.9. The van der Waals surface area contributed by atoms with Gasteiger partial charge < -0.3 is 15.4 Å². The van der Waals surface area contributed by atoms with Gasteiger partial charge in [0.05, 0.1) is 0 Å². The van der Waals surface area contributed by atoms with Gasteiger partial charge in [-0.3, -0.25) is 14.5 Å². The van der Waals surface area contributed by atoms with Crippen molar-refractivity contribution in [2.45, 2.75) is 25.4 Å². The van der Waals surface area contributed by atoms with Gasteiger partial charge >= 0.3 is 12.4 Å². The summed E-state index contributed by atoms with van der Waals surface area (Å²) in [7, 11) is 0. The molecule has 0 saturated carbocycles. The summed E-state index contributed by atoms with van der Waals surface area (Å²) in [5, 5.41) is 5.37. The molecule has 170 valence electrons. The van der Waals surface area contributed by atoms with Crippen molar-refractivity contribution < 1.29 is 32.3 Å². The number of ether oxygens (including phenoxy) is 1. The SMILES string of the molecule is CC1(c2ccc(Cl)cc2Cl)NC(=O)N(CC(=O)NCc2ccccc2OC(F)(F)F)C1=O. The first kappa shape index (κ1) is 23.7. The predicted molar refractivity (Wildman–Crippen MR) is 109 cm³/mol. The van der Waals surface area contributed by atoms with Gasteiger partial charge in [-0.1, -0.05) is 47.5 Å². The lowest BCUT2D eigenvalue weighted by atomic mass is 9.92. The van der Waals surface area contributed by atoms with E-state index in [4.69, 9.17) is 23.2 Å². The third-order valence-corrected chi connectivity index (χ3v) is 5.27. The van der Waals surface area contributed by atoms with E-state index in [9.17, 15) is 27.6 Å². The van der Waals surface area contributed by atoms with Gasteiger partial charge in [-0.15, -0.1) is 13.2 Å². The smallest absolute Gasteiger partial charge is 0.405 e. The predicted octanol–water partition coefficient (Wildman–Crippen LogP) is 3.98. The molecule has 4 amide bonds. The molecule has 1 fully saturated rings. The summed E-state index contributed by atoms with van der Waals surface area (Å²) in [6.45, 7) is 0.480. The van der Waals surface area contributed by atoms with Crippen molar-refractivity contribution in [3.05, 3.63) is 63.6 Å². The van der Waals surface area contributed by atoms with Crippen molar-refractivity contribution in [3.63, 3.8) is 0 Å². The molecule has 1 atom stereocenters. The fraction of sp³-hybridized carbons (Fsp3) is 0.250. The molecule has 3 rings (SSSR count). The molecule has 0 aliphatic carbocycles. The third-order valence-electron chi connectivity index (χ3n) is 4.72. The number of para-hydroxylation sites is 1. The normalized spacial score (nSPS) is 18.5. The Morgan fingerprint density at radius 2 is 1.88 bits per heavy atom. The first-order valence-electron chi connectivity index (χ1n) is 9.11. The van der Waals surface area contributed by atoms with Crippen molar-refractivity contribution in [3.8, 4) is 5.75 Å². The Morgan fingerprint density at radius 1 is 1.19 bits per heavy atom. The van der Waals surface area contributed by atoms with Crippen LogP contribution in [0.5, 0.6) is 5.75 Å². The first-order valence-corrected chi connectivity index (χ1v) is 9.86. The molecule has 0 radical (unpaired) electrons. The highest BCUT2D eigenvalue weighted by Gasteiger charge is 2.50. The van der Waals surface area contributed by atoms with Gasteiger partial charge in [0.25, 0.3) is 5.91 Å². The van der Waals surface area contributed by atoms with Crippen LogP contribution in [-0.4, -0.2) is 35.7 Å². The van der Waals surface area contributed by atoms with E-state index in [1.54, 1.807) is 0 Å². The average molecular weight is 490 g/mol. The Balaban J connectivity index is 1.69. The standard InChI is InChI=1S/C20H16Cl2F3N3O4/c1-19(13-7-6-12(21)8-14(13)22)17(30)28(18(31)27-19)10-16(29)26-9-11-4-2-3-5-15(11)32-20(23,24)25/h2-8H,9-10H2,1H3,(H,26,29)(H,27,31). The maximum atomic E-state index is 12.9. The Hall–Kier alpha value is -2.98. The van der Waals surface area contributed by atoms with E-state index in [0.29, 0.717) is 15.5 Å². The van der Waals surface area contributed by atoms with E-state index in [-0.39, 0.29) is 17.1 Å². The van der Waals surface area contributed by atoms with Gasteiger partial charge in [0.2, 0.25) is 5.91 Å². The molecule has 1 saturated heterocycles. The van der Waals surface area contributed by atoms with E-state index in [1.807, 2.05) is 0 Å². The molecule has 0 aromatic heterocycles. The number of carbonyl (C=O) groups excluding carboxylic acids is 3. The number of amides is 4. The summed E-state index contributed by atoms with van der Waals surface area (Å²) in [4.78, 5) is 38.3. The maximum absolute atomic E-state index is 12.9. The van der Waals surface area contributed by atoms with Crippen LogP contribution in [0.1, 0.15) is 18.1 Å². The largest absolute Gasteiger partial charge is 0.573 e. The summed E-state index contributed by atoms with van der Waals surface area (Å²) < 4.78 is 41.5. The second-order valence-corrected chi connectivity index (χ2v) is 7.85. The zero-order chi connectivity index (χ0) is 23.7. The molecule has 1 heterocycles. The second-order valence-electron chi connectivity index (χ2n) is 7.00. The van der Waals surface area contributed by atoms with E-state index in [2.05, 4.69) is 15.4 Å². The van der Waals surface area contributed by atoms with Crippen LogP contribution in [0, 0.1) is 0 Å². The molecule has 1 aliphatic heterocycles. The van der Waals surface area contributed by atoms with Gasteiger partial charge in [-0.05, 0) is 25.1 Å². The van der Waals surface area contributed by atoms with Gasteiger partial charge in [-0.25, -0.2) is 4.79 Å². The summed E-state index contributed by atoms with van der Waals surface area (Å²) in [6.07, 6.45) is -4.90. The Kier molecular flexibility index (Phi) is 6.56. The van der Waals surface area contributed by atoms with Gasteiger partial charge in [0, 0.05) is 27.7 Å². The third kappa shape index (κ3) is 5.08. The van der Waals surface area contributed by atoms with Crippen molar-refractivity contribution >= 4 is 41.0 Å². The Morgan fingerprint density at radius 3 is 2.53 bits per heavy atom. The minimum absolute atomic E-state index is 0.0631. The van der Waals surface area contributed by atoms with Crippen molar-refractivity contribution in [2.75, 3.05) is 6.54 Å². The lowest BCUT2D eigenvalue weighted by Crippen LogP contribution is -2.43. The first-order chi connectivity index (χ1) is 14.9. The Bertz CT molecular complexity index is 1080. The van der Waals surface area contributed by atoms with Crippen LogP contribution in [0.25, 0.3) is 0 Å². The number of carbonyl (C=O) groups is 3. The van der Waals surface area contributed by atoms with E-state index in [1.165, 1.54) is 43.3 Å². The lowest BCUT2D eigenvalue weighted by Gasteiger charge is -2.23. The van der Waals surface area contributed by atoms with Crippen LogP contribution in [0.2, 0.25) is 10.0 Å². The minimum Gasteiger partial charge on any atom is -0.405 e. The number of benzene rings is 2. The number of halogens is 5. The van der Waals surface area contributed by atoms with Gasteiger partial charge in [0.15, 0.2) is 0 Å². The number of alkyl halides is 3. The van der Waals surface area contributed by atoms with Gasteiger partial charge in [0.1, 0.15) is 17.8 Å². The lowest BCUT2D eigenvalue weighted by molar-refractivity contribution is -0.274. The fourth-order valence-electron chi connectivity index (χ4n) is 3.19. The molecular formula is C20H16Cl2F3N3O4. The molecule has 0 bridgehead atoms. The molecule has 2 aromatic carbocycles. The van der Waals surface area contributed by atoms with E-state index >= 15 is 0 Å².